The number of hydrogen-bond acceptors (Lipinski definition) is 3. The molecule has 2 aromatic carbocycles. The van der Waals surface area contributed by atoms with E-state index in [0.717, 1.165) is 10.0 Å². The molecule has 6 heteroatoms. The maximum Gasteiger partial charge on any atom is 0.326 e. The summed E-state index contributed by atoms with van der Waals surface area (Å²) < 4.78 is 0.740. The normalized spacial score (nSPS) is 11.3. The van der Waals surface area contributed by atoms with Crippen molar-refractivity contribution < 1.29 is 14.7 Å². The Labute approximate surface area is 141 Å². The molecule has 0 heterocycles. The Bertz CT molecular complexity index is 766. The van der Waals surface area contributed by atoms with Crippen LogP contribution < -0.4 is 5.32 Å². The Morgan fingerprint density at radius 3 is 2.48 bits per heavy atom. The summed E-state index contributed by atoms with van der Waals surface area (Å²) in [7, 11) is 0. The van der Waals surface area contributed by atoms with E-state index < -0.39 is 17.9 Å². The first-order valence-electron chi connectivity index (χ1n) is 6.78. The largest absolute Gasteiger partial charge is 0.480 e. The number of carbonyl (C=O) groups is 2. The van der Waals surface area contributed by atoms with E-state index in [1.165, 1.54) is 0 Å². The average molecular weight is 373 g/mol. The minimum atomic E-state index is -1.11. The van der Waals surface area contributed by atoms with Crippen molar-refractivity contribution in [2.45, 2.75) is 12.5 Å². The summed E-state index contributed by atoms with van der Waals surface area (Å²) in [5.74, 6) is -1.56. The molecule has 0 fully saturated rings. The molecule has 116 valence electrons. The molecule has 1 amide bonds. The third kappa shape index (κ3) is 4.66. The van der Waals surface area contributed by atoms with Crippen LogP contribution in [0.25, 0.3) is 0 Å². The molecule has 0 spiro atoms. The maximum absolute atomic E-state index is 12.2. The second kappa shape index (κ2) is 7.56. The van der Waals surface area contributed by atoms with E-state index in [-0.39, 0.29) is 6.42 Å². The molecule has 0 aliphatic carbocycles. The predicted molar refractivity (Wildman–Crippen MR) is 87.9 cm³/mol. The van der Waals surface area contributed by atoms with Crippen molar-refractivity contribution >= 4 is 27.8 Å². The molecular formula is C17H13BrN2O3. The highest BCUT2D eigenvalue weighted by molar-refractivity contribution is 9.10. The second-order valence-electron chi connectivity index (χ2n) is 4.89. The number of carbonyl (C=O) groups excluding carboxylic acids is 1. The van der Waals surface area contributed by atoms with Gasteiger partial charge in [0, 0.05) is 16.5 Å². The van der Waals surface area contributed by atoms with Crippen molar-refractivity contribution in [3.05, 3.63) is 69.7 Å². The zero-order valence-electron chi connectivity index (χ0n) is 12.0. The molecular weight excluding hydrogens is 360 g/mol. The standard InChI is InChI=1S/C17H13BrN2O3/c18-14-3-1-2-13(9-14)16(21)20-15(17(22)23)8-11-4-6-12(10-19)7-5-11/h1-7,9,15H,8H2,(H,20,21)(H,22,23)/t15-/m1/s1. The van der Waals surface area contributed by atoms with Gasteiger partial charge in [-0.2, -0.15) is 5.26 Å². The van der Waals surface area contributed by atoms with Crippen molar-refractivity contribution in [2.24, 2.45) is 0 Å². The van der Waals surface area contributed by atoms with Crippen LogP contribution in [0.15, 0.2) is 53.0 Å². The van der Waals surface area contributed by atoms with Gasteiger partial charge in [-0.25, -0.2) is 4.79 Å². The predicted octanol–water partition coefficient (Wildman–Crippen LogP) is 2.75. The summed E-state index contributed by atoms with van der Waals surface area (Å²) in [6.45, 7) is 0. The Morgan fingerprint density at radius 1 is 1.22 bits per heavy atom. The van der Waals surface area contributed by atoms with Gasteiger partial charge in [0.25, 0.3) is 5.91 Å². The van der Waals surface area contributed by atoms with Crippen LogP contribution in [0.5, 0.6) is 0 Å². The molecule has 2 aromatic rings. The number of carboxylic acids is 1. The number of nitrogens with zero attached hydrogens (tertiary/aromatic N) is 1. The van der Waals surface area contributed by atoms with E-state index in [1.807, 2.05) is 6.07 Å². The first kappa shape index (κ1) is 16.7. The van der Waals surface area contributed by atoms with Crippen LogP contribution in [0.2, 0.25) is 0 Å². The molecule has 0 aliphatic heterocycles. The fraction of sp³-hybridized carbons (Fsp3) is 0.118. The third-order valence-corrected chi connectivity index (χ3v) is 3.71. The fourth-order valence-electron chi connectivity index (χ4n) is 2.02. The number of hydrogen-bond donors (Lipinski definition) is 2. The van der Waals surface area contributed by atoms with Gasteiger partial charge in [-0.05, 0) is 35.9 Å². The summed E-state index contributed by atoms with van der Waals surface area (Å²) in [6, 6.07) is 14.3. The Balaban J connectivity index is 2.10. The van der Waals surface area contributed by atoms with E-state index in [4.69, 9.17) is 5.26 Å². The number of nitrogens with one attached hydrogen (secondary N) is 1. The van der Waals surface area contributed by atoms with E-state index in [0.29, 0.717) is 11.1 Å². The highest BCUT2D eigenvalue weighted by Gasteiger charge is 2.21. The van der Waals surface area contributed by atoms with E-state index in [9.17, 15) is 14.7 Å². The Kier molecular flexibility index (Phi) is 5.50. The average Bonchev–Trinajstić information content (AvgIpc) is 2.54. The number of rotatable bonds is 5. The van der Waals surface area contributed by atoms with E-state index in [2.05, 4.69) is 21.2 Å². The maximum atomic E-state index is 12.2. The minimum absolute atomic E-state index is 0.140. The SMILES string of the molecule is N#Cc1ccc(C[C@@H](NC(=O)c2cccc(Br)c2)C(=O)O)cc1. The number of carboxylic acid groups (broad SMARTS) is 1. The number of aliphatic carboxylic acids is 1. The lowest BCUT2D eigenvalue weighted by atomic mass is 10.0. The number of amides is 1. The van der Waals surface area contributed by atoms with E-state index >= 15 is 0 Å². The Hall–Kier alpha value is -2.65. The van der Waals surface area contributed by atoms with Gasteiger partial charge < -0.3 is 10.4 Å². The molecule has 23 heavy (non-hydrogen) atoms. The highest BCUT2D eigenvalue weighted by atomic mass is 79.9. The topological polar surface area (TPSA) is 90.2 Å². The summed E-state index contributed by atoms with van der Waals surface area (Å²) in [6.07, 6.45) is 0.140. The van der Waals surface area contributed by atoms with Crippen LogP contribution in [0.4, 0.5) is 0 Å². The smallest absolute Gasteiger partial charge is 0.326 e. The van der Waals surface area contributed by atoms with Crippen molar-refractivity contribution in [1.82, 2.24) is 5.32 Å². The van der Waals surface area contributed by atoms with Crippen molar-refractivity contribution in [3.8, 4) is 6.07 Å². The molecule has 0 aliphatic rings. The van der Waals surface area contributed by atoms with Crippen molar-refractivity contribution in [3.63, 3.8) is 0 Å². The first-order chi connectivity index (χ1) is 11.0. The quantitative estimate of drug-likeness (QED) is 0.843. The molecule has 0 bridgehead atoms. The number of benzene rings is 2. The Morgan fingerprint density at radius 2 is 1.91 bits per heavy atom. The van der Waals surface area contributed by atoms with Gasteiger partial charge in [-0.3, -0.25) is 4.79 Å². The second-order valence-corrected chi connectivity index (χ2v) is 5.80. The van der Waals surface area contributed by atoms with Gasteiger partial charge in [0.2, 0.25) is 0 Å². The molecule has 0 unspecified atom stereocenters. The minimum Gasteiger partial charge on any atom is -0.480 e. The van der Waals surface area contributed by atoms with E-state index in [1.54, 1.807) is 48.5 Å². The van der Waals surface area contributed by atoms with Crippen LogP contribution in [-0.2, 0) is 11.2 Å². The monoisotopic (exact) mass is 372 g/mol. The molecule has 2 N–H and O–H groups in total. The third-order valence-electron chi connectivity index (χ3n) is 3.21. The van der Waals surface area contributed by atoms with Gasteiger partial charge in [0.15, 0.2) is 0 Å². The van der Waals surface area contributed by atoms with Gasteiger partial charge in [0.05, 0.1) is 11.6 Å². The van der Waals surface area contributed by atoms with Crippen LogP contribution in [0.3, 0.4) is 0 Å². The lowest BCUT2D eigenvalue weighted by Crippen LogP contribution is -2.42. The molecule has 0 saturated carbocycles. The summed E-state index contributed by atoms with van der Waals surface area (Å²) >= 11 is 3.27. The fourth-order valence-corrected chi connectivity index (χ4v) is 2.42. The molecule has 0 saturated heterocycles. The van der Waals surface area contributed by atoms with Gasteiger partial charge in [-0.15, -0.1) is 0 Å². The summed E-state index contributed by atoms with van der Waals surface area (Å²) in [4.78, 5) is 23.5. The van der Waals surface area contributed by atoms with Crippen LogP contribution in [0, 0.1) is 11.3 Å². The zero-order valence-corrected chi connectivity index (χ0v) is 13.6. The summed E-state index contributed by atoms with van der Waals surface area (Å²) in [5, 5.41) is 20.6. The van der Waals surface area contributed by atoms with Gasteiger partial charge in [-0.1, -0.05) is 34.1 Å². The highest BCUT2D eigenvalue weighted by Crippen LogP contribution is 2.12. The zero-order chi connectivity index (χ0) is 16.8. The van der Waals surface area contributed by atoms with Crippen molar-refractivity contribution in [2.75, 3.05) is 0 Å². The van der Waals surface area contributed by atoms with Gasteiger partial charge in [0.1, 0.15) is 6.04 Å². The molecule has 5 nitrogen and oxygen atoms in total. The van der Waals surface area contributed by atoms with Crippen molar-refractivity contribution in [1.29, 1.82) is 5.26 Å². The number of halogens is 1. The molecule has 0 aromatic heterocycles. The molecule has 2 rings (SSSR count). The van der Waals surface area contributed by atoms with Gasteiger partial charge >= 0.3 is 5.97 Å². The van der Waals surface area contributed by atoms with Crippen LogP contribution in [-0.4, -0.2) is 23.0 Å². The molecule has 1 atom stereocenters. The van der Waals surface area contributed by atoms with Crippen LogP contribution in [0.1, 0.15) is 21.5 Å². The molecule has 0 radical (unpaired) electrons. The first-order valence-corrected chi connectivity index (χ1v) is 7.57. The lowest BCUT2D eigenvalue weighted by Gasteiger charge is -2.15. The lowest BCUT2D eigenvalue weighted by molar-refractivity contribution is -0.139. The summed E-state index contributed by atoms with van der Waals surface area (Å²) in [5.41, 5.74) is 1.61. The van der Waals surface area contributed by atoms with Crippen LogP contribution >= 0.6 is 15.9 Å². The number of nitriles is 1.